The first kappa shape index (κ1) is 23.7. The number of hydrogen-bond donors (Lipinski definition) is 2. The van der Waals surface area contributed by atoms with Gasteiger partial charge in [0.25, 0.3) is 0 Å². The molecule has 0 bridgehead atoms. The molecule has 0 aliphatic rings. The first-order valence-electron chi connectivity index (χ1n) is 10.9. The molecule has 0 fully saturated rings. The largest absolute Gasteiger partial charge is 0.382 e. The molecule has 0 spiro atoms. The maximum Gasteiger partial charge on any atom is 0.189 e. The number of benzene rings is 2. The molecule has 0 aliphatic heterocycles. The fourth-order valence-electron chi connectivity index (χ4n) is 3.65. The van der Waals surface area contributed by atoms with Crippen molar-refractivity contribution < 1.29 is 12.9 Å². The minimum atomic E-state index is -3.35. The molecule has 8 nitrogen and oxygen atoms in total. The van der Waals surface area contributed by atoms with E-state index in [1.807, 2.05) is 27.0 Å². The van der Waals surface area contributed by atoms with Gasteiger partial charge in [-0.1, -0.05) is 41.0 Å². The van der Waals surface area contributed by atoms with Crippen LogP contribution in [-0.4, -0.2) is 43.7 Å². The minimum Gasteiger partial charge on any atom is -0.382 e. The van der Waals surface area contributed by atoms with Gasteiger partial charge >= 0.3 is 0 Å². The van der Waals surface area contributed by atoms with Crippen LogP contribution in [0, 0.1) is 0 Å². The van der Waals surface area contributed by atoms with Gasteiger partial charge in [0, 0.05) is 18.2 Å². The van der Waals surface area contributed by atoms with E-state index in [-0.39, 0.29) is 10.7 Å². The zero-order valence-corrected chi connectivity index (χ0v) is 20.3. The van der Waals surface area contributed by atoms with Crippen LogP contribution in [0.4, 0.5) is 5.82 Å². The van der Waals surface area contributed by atoms with Gasteiger partial charge in [0.1, 0.15) is 13.5 Å². The third-order valence-electron chi connectivity index (χ3n) is 5.59. The van der Waals surface area contributed by atoms with Crippen LogP contribution in [0.2, 0.25) is 0 Å². The highest BCUT2D eigenvalue weighted by atomic mass is 32.2. The predicted octanol–water partition coefficient (Wildman–Crippen LogP) is 2.21. The van der Waals surface area contributed by atoms with Crippen LogP contribution in [0.5, 0.6) is 0 Å². The van der Waals surface area contributed by atoms with Crippen molar-refractivity contribution in [3.8, 4) is 34.0 Å². The molecule has 2 heterocycles. The van der Waals surface area contributed by atoms with Crippen molar-refractivity contribution in [2.45, 2.75) is 30.5 Å². The molecule has 0 radical (unpaired) electrons. The predicted molar refractivity (Wildman–Crippen MR) is 136 cm³/mol. The van der Waals surface area contributed by atoms with Gasteiger partial charge < -0.3 is 15.6 Å². The fraction of sp³-hybridized carbons (Fsp3) is 0.208. The van der Waals surface area contributed by atoms with Crippen molar-refractivity contribution in [3.63, 3.8) is 0 Å². The summed E-state index contributed by atoms with van der Waals surface area (Å²) in [7, 11) is 0.590. The number of nitrogens with two attached hydrogens (primary N) is 1. The average molecular weight is 475 g/mol. The first-order valence-corrected chi connectivity index (χ1v) is 12.4. The van der Waals surface area contributed by atoms with Gasteiger partial charge in [0.05, 0.1) is 22.0 Å². The minimum absolute atomic E-state index is 0.214. The van der Waals surface area contributed by atoms with E-state index in [1.54, 1.807) is 50.4 Å². The Balaban J connectivity index is 1.66. The Morgan fingerprint density at radius 3 is 2.47 bits per heavy atom. The third kappa shape index (κ3) is 4.60. The topological polar surface area (TPSA) is 124 Å². The standard InChI is InChI=1S/C24H26BN5O3S/c1-14(2)34(31,32)17-7-5-16(6-8-17)21-13-28-24(26)23(29-21)22-11-20(30-33-22)18-9-4-15(12-27-3)10-19(18)25/h4-11,13-14,27H,12,25H2,1-3H3,(H2,26,28). The highest BCUT2D eigenvalue weighted by Gasteiger charge is 2.20. The molecule has 4 rings (SSSR count). The summed E-state index contributed by atoms with van der Waals surface area (Å²) < 4.78 is 30.4. The monoisotopic (exact) mass is 475 g/mol. The van der Waals surface area contributed by atoms with Crippen molar-refractivity contribution in [1.82, 2.24) is 20.4 Å². The van der Waals surface area contributed by atoms with E-state index in [0.29, 0.717) is 28.4 Å². The van der Waals surface area contributed by atoms with E-state index in [9.17, 15) is 8.42 Å². The highest BCUT2D eigenvalue weighted by molar-refractivity contribution is 7.92. The van der Waals surface area contributed by atoms with Crippen molar-refractivity contribution >= 4 is 29.0 Å². The van der Waals surface area contributed by atoms with Crippen molar-refractivity contribution in [2.75, 3.05) is 12.8 Å². The number of nitrogens with one attached hydrogen (secondary N) is 1. The number of sulfone groups is 1. The Morgan fingerprint density at radius 2 is 1.82 bits per heavy atom. The van der Waals surface area contributed by atoms with E-state index in [4.69, 9.17) is 10.3 Å². The third-order valence-corrected chi connectivity index (χ3v) is 7.76. The molecule has 0 unspecified atom stereocenters. The maximum absolute atomic E-state index is 12.4. The number of nitrogen functional groups attached to an aromatic ring is 1. The molecular weight excluding hydrogens is 449 g/mol. The first-order chi connectivity index (χ1) is 16.2. The van der Waals surface area contributed by atoms with Gasteiger partial charge in [0.2, 0.25) is 0 Å². The highest BCUT2D eigenvalue weighted by Crippen LogP contribution is 2.30. The van der Waals surface area contributed by atoms with E-state index in [2.05, 4.69) is 26.5 Å². The lowest BCUT2D eigenvalue weighted by molar-refractivity contribution is 0.434. The molecule has 10 heteroatoms. The molecule has 0 saturated heterocycles. The Bertz CT molecular complexity index is 1430. The van der Waals surface area contributed by atoms with Gasteiger partial charge in [-0.3, -0.25) is 0 Å². The Kier molecular flexibility index (Phi) is 6.54. The molecule has 34 heavy (non-hydrogen) atoms. The second-order valence-electron chi connectivity index (χ2n) is 8.36. The summed E-state index contributed by atoms with van der Waals surface area (Å²) in [6.45, 7) is 4.10. The van der Waals surface area contributed by atoms with Crippen LogP contribution in [0.15, 0.2) is 64.1 Å². The summed E-state index contributed by atoms with van der Waals surface area (Å²) in [6.07, 6.45) is 1.55. The molecule has 174 valence electrons. The second kappa shape index (κ2) is 9.40. The van der Waals surface area contributed by atoms with E-state index in [0.717, 1.165) is 17.6 Å². The SMILES string of the molecule is Bc1cc(CNC)ccc1-c1cc(-c2nc(-c3ccc(S(=O)(=O)C(C)C)cc3)cnc2N)on1. The normalized spacial score (nSPS) is 11.8. The Labute approximate surface area is 199 Å². The fourth-order valence-corrected chi connectivity index (χ4v) is 4.71. The zero-order valence-electron chi connectivity index (χ0n) is 19.5. The maximum atomic E-state index is 12.4. The van der Waals surface area contributed by atoms with Gasteiger partial charge in [-0.25, -0.2) is 18.4 Å². The van der Waals surface area contributed by atoms with Gasteiger partial charge in [-0.2, -0.15) is 0 Å². The average Bonchev–Trinajstić information content (AvgIpc) is 3.29. The van der Waals surface area contributed by atoms with E-state index in [1.165, 1.54) is 5.56 Å². The van der Waals surface area contributed by atoms with Crippen LogP contribution in [0.25, 0.3) is 34.0 Å². The van der Waals surface area contributed by atoms with Crippen molar-refractivity contribution in [2.24, 2.45) is 0 Å². The number of aromatic nitrogens is 3. The molecule has 0 aliphatic carbocycles. The molecule has 0 amide bonds. The van der Waals surface area contributed by atoms with Crippen molar-refractivity contribution in [3.05, 3.63) is 60.3 Å². The van der Waals surface area contributed by atoms with Gasteiger partial charge in [-0.05, 0) is 44.2 Å². The zero-order chi connectivity index (χ0) is 24.5. The summed E-state index contributed by atoms with van der Waals surface area (Å²) in [5.74, 6) is 0.617. The lowest BCUT2D eigenvalue weighted by atomic mass is 9.87. The number of rotatable bonds is 7. The molecule has 0 saturated carbocycles. The van der Waals surface area contributed by atoms with Crippen LogP contribution >= 0.6 is 0 Å². The van der Waals surface area contributed by atoms with Gasteiger partial charge in [-0.15, -0.1) is 0 Å². The van der Waals surface area contributed by atoms with E-state index < -0.39 is 15.1 Å². The number of nitrogens with zero attached hydrogens (tertiary/aromatic N) is 3. The number of hydrogen-bond acceptors (Lipinski definition) is 8. The van der Waals surface area contributed by atoms with Crippen LogP contribution in [0.3, 0.4) is 0 Å². The lowest BCUT2D eigenvalue weighted by Gasteiger charge is -2.09. The molecule has 0 atom stereocenters. The quantitative estimate of drug-likeness (QED) is 0.390. The lowest BCUT2D eigenvalue weighted by Crippen LogP contribution is -2.13. The summed E-state index contributed by atoms with van der Waals surface area (Å²) in [5.41, 5.74) is 11.6. The van der Waals surface area contributed by atoms with Crippen LogP contribution in [-0.2, 0) is 16.4 Å². The molecule has 4 aromatic rings. The van der Waals surface area contributed by atoms with Gasteiger partial charge in [0.15, 0.2) is 27.1 Å². The molecule has 3 N–H and O–H groups in total. The Morgan fingerprint density at radius 1 is 1.09 bits per heavy atom. The molecular formula is C24H26BN5O3S. The summed E-state index contributed by atoms with van der Waals surface area (Å²) in [4.78, 5) is 9.16. The summed E-state index contributed by atoms with van der Waals surface area (Å²) >= 11 is 0. The molecule has 2 aromatic heterocycles. The van der Waals surface area contributed by atoms with Crippen molar-refractivity contribution in [1.29, 1.82) is 0 Å². The number of anilines is 1. The Hall–Kier alpha value is -3.50. The summed E-state index contributed by atoms with van der Waals surface area (Å²) in [6, 6.07) is 14.5. The van der Waals surface area contributed by atoms with E-state index >= 15 is 0 Å². The smallest absolute Gasteiger partial charge is 0.189 e. The molecule has 2 aromatic carbocycles. The summed E-state index contributed by atoms with van der Waals surface area (Å²) in [5, 5.41) is 6.87. The second-order valence-corrected chi connectivity index (χ2v) is 10.9. The van der Waals surface area contributed by atoms with Crippen LogP contribution < -0.4 is 16.5 Å². The van der Waals surface area contributed by atoms with Crippen LogP contribution in [0.1, 0.15) is 19.4 Å².